The first-order chi connectivity index (χ1) is 12.2. The number of thiophene rings is 1. The van der Waals surface area contributed by atoms with Crippen LogP contribution in [-0.4, -0.2) is 25.8 Å². The number of carbonyl (C=O) groups is 1. The number of hydrogen-bond donors (Lipinski definition) is 1. The van der Waals surface area contributed by atoms with E-state index in [4.69, 9.17) is 0 Å². The molecule has 2 heterocycles. The van der Waals surface area contributed by atoms with Gasteiger partial charge in [0.1, 0.15) is 4.21 Å². The van der Waals surface area contributed by atoms with Crippen molar-refractivity contribution < 1.29 is 13.2 Å². The minimum absolute atomic E-state index is 0.0229. The normalized spacial score (nSPS) is 14.4. The molecule has 0 spiro atoms. The molecule has 0 saturated heterocycles. The van der Waals surface area contributed by atoms with Gasteiger partial charge in [0.05, 0.1) is 0 Å². The van der Waals surface area contributed by atoms with E-state index in [1.807, 2.05) is 20.8 Å². The van der Waals surface area contributed by atoms with E-state index in [2.05, 4.69) is 16.9 Å². The van der Waals surface area contributed by atoms with Gasteiger partial charge in [0.2, 0.25) is 15.9 Å². The van der Waals surface area contributed by atoms with Crippen molar-refractivity contribution in [2.45, 2.75) is 51.4 Å². The molecule has 0 radical (unpaired) electrons. The maximum absolute atomic E-state index is 12.7. The van der Waals surface area contributed by atoms with Gasteiger partial charge in [-0.15, -0.1) is 11.3 Å². The van der Waals surface area contributed by atoms with E-state index in [-0.39, 0.29) is 12.5 Å². The summed E-state index contributed by atoms with van der Waals surface area (Å²) in [5, 5.41) is 0. The van der Waals surface area contributed by atoms with E-state index in [0.717, 1.165) is 27.1 Å². The standard InChI is InChI=1S/C19H24N2O3S2/c1-12-7-13(2)17(14(3)8-12)10-20-26(23,24)19-9-16-11-21(15(4)22)6-5-18(16)25-19/h7-9,20H,5-6,10-11H2,1-4H3. The molecule has 0 bridgehead atoms. The number of fused-ring (bicyclic) bond motifs is 1. The van der Waals surface area contributed by atoms with Gasteiger partial charge >= 0.3 is 0 Å². The number of rotatable bonds is 4. The molecule has 3 rings (SSSR count). The van der Waals surface area contributed by atoms with E-state index < -0.39 is 10.0 Å². The SMILES string of the molecule is CC(=O)N1CCc2sc(S(=O)(=O)NCc3c(C)cc(C)cc3C)cc2C1. The predicted molar refractivity (Wildman–Crippen MR) is 104 cm³/mol. The van der Waals surface area contributed by atoms with Gasteiger partial charge < -0.3 is 4.90 Å². The average molecular weight is 393 g/mol. The summed E-state index contributed by atoms with van der Waals surface area (Å²) in [4.78, 5) is 14.4. The molecule has 0 atom stereocenters. The molecule has 1 aliphatic rings. The molecule has 0 unspecified atom stereocenters. The van der Waals surface area contributed by atoms with Crippen LogP contribution in [0.3, 0.4) is 0 Å². The fourth-order valence-corrected chi connectivity index (χ4v) is 6.02. The van der Waals surface area contributed by atoms with E-state index in [1.165, 1.54) is 16.9 Å². The number of amides is 1. The number of carbonyl (C=O) groups excluding carboxylic acids is 1. The Morgan fingerprint density at radius 3 is 2.46 bits per heavy atom. The van der Waals surface area contributed by atoms with Gasteiger partial charge in [-0.2, -0.15) is 0 Å². The zero-order chi connectivity index (χ0) is 19.1. The Morgan fingerprint density at radius 2 is 1.85 bits per heavy atom. The summed E-state index contributed by atoms with van der Waals surface area (Å²) >= 11 is 1.31. The van der Waals surface area contributed by atoms with Crippen LogP contribution in [0, 0.1) is 20.8 Å². The minimum Gasteiger partial charge on any atom is -0.338 e. The molecule has 0 aliphatic carbocycles. The summed E-state index contributed by atoms with van der Waals surface area (Å²) in [6.45, 7) is 9.01. The lowest BCUT2D eigenvalue weighted by atomic mass is 10.0. The van der Waals surface area contributed by atoms with Gasteiger partial charge in [-0.1, -0.05) is 17.7 Å². The molecule has 2 aromatic rings. The molecule has 0 fully saturated rings. The average Bonchev–Trinajstić information content (AvgIpc) is 2.97. The number of aryl methyl sites for hydroxylation is 3. The highest BCUT2D eigenvalue weighted by Gasteiger charge is 2.25. The molecule has 5 nitrogen and oxygen atoms in total. The van der Waals surface area contributed by atoms with Crippen LogP contribution in [0.2, 0.25) is 0 Å². The highest BCUT2D eigenvalue weighted by molar-refractivity contribution is 7.91. The van der Waals surface area contributed by atoms with Crippen LogP contribution < -0.4 is 4.72 Å². The molecule has 1 N–H and O–H groups in total. The Bertz CT molecular complexity index is 938. The van der Waals surface area contributed by atoms with Gasteiger partial charge in [0.25, 0.3) is 0 Å². The maximum atomic E-state index is 12.7. The molecule has 140 valence electrons. The maximum Gasteiger partial charge on any atom is 0.250 e. The Kier molecular flexibility index (Phi) is 5.23. The lowest BCUT2D eigenvalue weighted by Crippen LogP contribution is -2.33. The number of nitrogens with one attached hydrogen (secondary N) is 1. The Balaban J connectivity index is 1.79. The molecule has 1 aromatic heterocycles. The van der Waals surface area contributed by atoms with Crippen LogP contribution in [0.1, 0.15) is 39.6 Å². The summed E-state index contributed by atoms with van der Waals surface area (Å²) in [5.74, 6) is 0.0229. The van der Waals surface area contributed by atoms with Gasteiger partial charge in [-0.25, -0.2) is 13.1 Å². The van der Waals surface area contributed by atoms with Gasteiger partial charge in [0, 0.05) is 31.4 Å². The highest BCUT2D eigenvalue weighted by Crippen LogP contribution is 2.31. The number of benzene rings is 1. The van der Waals surface area contributed by atoms with Crippen molar-refractivity contribution in [3.8, 4) is 0 Å². The number of sulfonamides is 1. The Labute approximate surface area is 159 Å². The molecular formula is C19H24N2O3S2. The summed E-state index contributed by atoms with van der Waals surface area (Å²) in [7, 11) is -3.57. The third kappa shape index (κ3) is 3.84. The fraction of sp³-hybridized carbons (Fsp3) is 0.421. The zero-order valence-electron chi connectivity index (χ0n) is 15.5. The van der Waals surface area contributed by atoms with Crippen molar-refractivity contribution in [1.29, 1.82) is 0 Å². The molecule has 7 heteroatoms. The van der Waals surface area contributed by atoms with E-state index >= 15 is 0 Å². The molecular weight excluding hydrogens is 368 g/mol. The van der Waals surface area contributed by atoms with Gasteiger partial charge in [-0.3, -0.25) is 4.79 Å². The molecule has 1 aliphatic heterocycles. The lowest BCUT2D eigenvalue weighted by Gasteiger charge is -2.25. The molecule has 0 saturated carbocycles. The Morgan fingerprint density at radius 1 is 1.19 bits per heavy atom. The van der Waals surface area contributed by atoms with Crippen molar-refractivity contribution in [3.63, 3.8) is 0 Å². The zero-order valence-corrected chi connectivity index (χ0v) is 17.2. The minimum atomic E-state index is -3.57. The van der Waals surface area contributed by atoms with Gasteiger partial charge in [-0.05, 0) is 55.5 Å². The predicted octanol–water partition coefficient (Wildman–Crippen LogP) is 3.06. The third-order valence-corrected chi connectivity index (χ3v) is 7.95. The summed E-state index contributed by atoms with van der Waals surface area (Å²) < 4.78 is 28.6. The largest absolute Gasteiger partial charge is 0.338 e. The van der Waals surface area contributed by atoms with Gasteiger partial charge in [0.15, 0.2) is 0 Å². The van der Waals surface area contributed by atoms with Crippen LogP contribution in [0.25, 0.3) is 0 Å². The fourth-order valence-electron chi connectivity index (χ4n) is 3.43. The highest BCUT2D eigenvalue weighted by atomic mass is 32.2. The smallest absolute Gasteiger partial charge is 0.250 e. The quantitative estimate of drug-likeness (QED) is 0.870. The first-order valence-electron chi connectivity index (χ1n) is 8.61. The lowest BCUT2D eigenvalue weighted by molar-refractivity contribution is -0.129. The third-order valence-electron chi connectivity index (χ3n) is 4.83. The topological polar surface area (TPSA) is 66.5 Å². The van der Waals surface area contributed by atoms with Crippen LogP contribution in [0.5, 0.6) is 0 Å². The van der Waals surface area contributed by atoms with Crippen LogP contribution in [-0.2, 0) is 34.3 Å². The van der Waals surface area contributed by atoms with Crippen molar-refractivity contribution in [1.82, 2.24) is 9.62 Å². The van der Waals surface area contributed by atoms with Crippen molar-refractivity contribution in [3.05, 3.63) is 50.9 Å². The second-order valence-electron chi connectivity index (χ2n) is 6.91. The first-order valence-corrected chi connectivity index (χ1v) is 10.9. The van der Waals surface area contributed by atoms with Crippen molar-refractivity contribution in [2.75, 3.05) is 6.54 Å². The molecule has 26 heavy (non-hydrogen) atoms. The van der Waals surface area contributed by atoms with E-state index in [0.29, 0.717) is 23.7 Å². The molecule has 1 aromatic carbocycles. The monoisotopic (exact) mass is 392 g/mol. The second kappa shape index (κ2) is 7.13. The summed E-state index contributed by atoms with van der Waals surface area (Å²) in [6, 6.07) is 5.85. The summed E-state index contributed by atoms with van der Waals surface area (Å²) in [6.07, 6.45) is 0.714. The van der Waals surface area contributed by atoms with Crippen LogP contribution >= 0.6 is 11.3 Å². The summed E-state index contributed by atoms with van der Waals surface area (Å²) in [5.41, 5.74) is 5.32. The van der Waals surface area contributed by atoms with Crippen molar-refractivity contribution in [2.24, 2.45) is 0 Å². The van der Waals surface area contributed by atoms with Crippen LogP contribution in [0.15, 0.2) is 22.4 Å². The second-order valence-corrected chi connectivity index (χ2v) is 10.0. The first kappa shape index (κ1) is 19.1. The number of hydrogen-bond acceptors (Lipinski definition) is 4. The number of nitrogens with zero attached hydrogens (tertiary/aromatic N) is 1. The van der Waals surface area contributed by atoms with E-state index in [1.54, 1.807) is 17.9 Å². The van der Waals surface area contributed by atoms with Crippen LogP contribution in [0.4, 0.5) is 0 Å². The molecule has 1 amide bonds. The van der Waals surface area contributed by atoms with Crippen molar-refractivity contribution >= 4 is 27.3 Å². The Hall–Kier alpha value is -1.70. The van der Waals surface area contributed by atoms with E-state index in [9.17, 15) is 13.2 Å².